The molecule has 0 radical (unpaired) electrons. The zero-order valence-corrected chi connectivity index (χ0v) is 20.2. The first-order chi connectivity index (χ1) is 18.0. The van der Waals surface area contributed by atoms with Crippen LogP contribution in [0.15, 0.2) is 48.7 Å². The van der Waals surface area contributed by atoms with Gasteiger partial charge in [-0.3, -0.25) is 19.7 Å². The maximum atomic E-state index is 13.9. The molecule has 37 heavy (non-hydrogen) atoms. The number of nitrogens with zero attached hydrogens (tertiary/aromatic N) is 3. The molecule has 2 saturated heterocycles. The van der Waals surface area contributed by atoms with Gasteiger partial charge in [0.25, 0.3) is 5.91 Å². The van der Waals surface area contributed by atoms with Gasteiger partial charge in [0.1, 0.15) is 17.7 Å². The highest BCUT2D eigenvalue weighted by molar-refractivity contribution is 6.05. The number of aromatic nitrogens is 1. The van der Waals surface area contributed by atoms with Gasteiger partial charge in [0.2, 0.25) is 11.8 Å². The van der Waals surface area contributed by atoms with Crippen molar-refractivity contribution in [1.29, 1.82) is 0 Å². The molecule has 0 bridgehead atoms. The topological polar surface area (TPSA) is 82.6 Å². The van der Waals surface area contributed by atoms with Gasteiger partial charge in [-0.2, -0.15) is 0 Å². The third-order valence-electron chi connectivity index (χ3n) is 7.49. The van der Waals surface area contributed by atoms with Crippen LogP contribution in [0.5, 0.6) is 0 Å². The molecule has 1 atom stereocenters. The first kappa shape index (κ1) is 23.2. The van der Waals surface area contributed by atoms with E-state index in [0.29, 0.717) is 18.5 Å². The summed E-state index contributed by atoms with van der Waals surface area (Å²) in [6, 6.07) is 11.5. The number of carbonyl (C=O) groups is 3. The summed E-state index contributed by atoms with van der Waals surface area (Å²) in [6.45, 7) is 1.86. The van der Waals surface area contributed by atoms with Crippen LogP contribution in [0.1, 0.15) is 47.2 Å². The summed E-state index contributed by atoms with van der Waals surface area (Å²) in [7, 11) is 0. The smallest absolute Gasteiger partial charge is 0.255 e. The van der Waals surface area contributed by atoms with E-state index in [1.165, 1.54) is 6.07 Å². The third-order valence-corrected chi connectivity index (χ3v) is 7.49. The van der Waals surface area contributed by atoms with E-state index >= 15 is 0 Å². The van der Waals surface area contributed by atoms with Crippen LogP contribution in [0.3, 0.4) is 0 Å². The highest BCUT2D eigenvalue weighted by Gasteiger charge is 2.39. The molecule has 186 valence electrons. The Hall–Kier alpha value is -4.25. The Morgan fingerprint density at radius 1 is 1.03 bits per heavy atom. The SMILES string of the molecule is O=C1CCC(N2Cc3c(C#CC4CCN(c5nccc6ccc(F)cc56)CC4)cccc3C2=O)C(=O)N1. The average molecular weight is 497 g/mol. The van der Waals surface area contributed by atoms with Gasteiger partial charge in [-0.1, -0.05) is 24.0 Å². The molecular weight excluding hydrogens is 471 g/mol. The van der Waals surface area contributed by atoms with Gasteiger partial charge in [-0.25, -0.2) is 9.37 Å². The number of pyridine rings is 1. The lowest BCUT2D eigenvalue weighted by Gasteiger charge is -2.31. The van der Waals surface area contributed by atoms with E-state index in [1.807, 2.05) is 18.2 Å². The Bertz CT molecular complexity index is 1500. The Morgan fingerprint density at radius 2 is 1.86 bits per heavy atom. The van der Waals surface area contributed by atoms with Crippen LogP contribution < -0.4 is 10.2 Å². The second kappa shape index (κ2) is 9.32. The van der Waals surface area contributed by atoms with Crippen LogP contribution in [0.25, 0.3) is 10.8 Å². The normalized spacial score (nSPS) is 20.0. The van der Waals surface area contributed by atoms with Crippen molar-refractivity contribution in [3.8, 4) is 11.8 Å². The number of hydrogen-bond donors (Lipinski definition) is 1. The average Bonchev–Trinajstić information content (AvgIpc) is 3.24. The summed E-state index contributed by atoms with van der Waals surface area (Å²) in [6.07, 6.45) is 4.04. The summed E-state index contributed by atoms with van der Waals surface area (Å²) in [5.74, 6) is 6.52. The lowest BCUT2D eigenvalue weighted by molar-refractivity contribution is -0.136. The van der Waals surface area contributed by atoms with Gasteiger partial charge in [0.15, 0.2) is 0 Å². The molecule has 1 unspecified atom stereocenters. The minimum absolute atomic E-state index is 0.194. The molecule has 8 heteroatoms. The maximum absolute atomic E-state index is 13.9. The predicted octanol–water partition coefficient (Wildman–Crippen LogP) is 3.40. The molecule has 1 N–H and O–H groups in total. The van der Waals surface area contributed by atoms with Crippen molar-refractivity contribution in [1.82, 2.24) is 15.2 Å². The molecule has 1 aromatic heterocycles. The Morgan fingerprint density at radius 3 is 2.68 bits per heavy atom. The van der Waals surface area contributed by atoms with E-state index in [4.69, 9.17) is 0 Å². The molecule has 3 aliphatic heterocycles. The first-order valence-electron chi connectivity index (χ1n) is 12.6. The molecular formula is C29H25FN4O3. The van der Waals surface area contributed by atoms with Crippen molar-refractivity contribution < 1.29 is 18.8 Å². The molecule has 4 heterocycles. The third kappa shape index (κ3) is 4.31. The summed E-state index contributed by atoms with van der Waals surface area (Å²) in [4.78, 5) is 45.2. The Kier molecular flexibility index (Phi) is 5.84. The number of imide groups is 1. The second-order valence-corrected chi connectivity index (χ2v) is 9.76. The highest BCUT2D eigenvalue weighted by Crippen LogP contribution is 2.31. The van der Waals surface area contributed by atoms with Gasteiger partial charge >= 0.3 is 0 Å². The highest BCUT2D eigenvalue weighted by atomic mass is 19.1. The van der Waals surface area contributed by atoms with Gasteiger partial charge in [-0.15, -0.1) is 0 Å². The Balaban J connectivity index is 1.16. The van der Waals surface area contributed by atoms with Crippen LogP contribution in [-0.2, 0) is 16.1 Å². The fourth-order valence-electron chi connectivity index (χ4n) is 5.50. The molecule has 0 spiro atoms. The quantitative estimate of drug-likeness (QED) is 0.435. The summed E-state index contributed by atoms with van der Waals surface area (Å²) < 4.78 is 13.9. The van der Waals surface area contributed by atoms with E-state index in [0.717, 1.165) is 53.6 Å². The molecule has 0 aliphatic carbocycles. The largest absolute Gasteiger partial charge is 0.356 e. The molecule has 7 nitrogen and oxygen atoms in total. The fraction of sp³-hybridized carbons (Fsp3) is 0.310. The van der Waals surface area contributed by atoms with Crippen LogP contribution in [-0.4, -0.2) is 46.7 Å². The second-order valence-electron chi connectivity index (χ2n) is 9.76. The summed E-state index contributed by atoms with van der Waals surface area (Å²) in [5.41, 5.74) is 2.21. The van der Waals surface area contributed by atoms with Crippen LogP contribution in [0.4, 0.5) is 10.2 Å². The van der Waals surface area contributed by atoms with Crippen molar-refractivity contribution in [3.63, 3.8) is 0 Å². The minimum atomic E-state index is -0.640. The van der Waals surface area contributed by atoms with Crippen molar-refractivity contribution in [3.05, 3.63) is 71.2 Å². The van der Waals surface area contributed by atoms with Gasteiger partial charge < -0.3 is 9.80 Å². The summed E-state index contributed by atoms with van der Waals surface area (Å²) >= 11 is 0. The number of rotatable bonds is 2. The van der Waals surface area contributed by atoms with Crippen molar-refractivity contribution in [2.24, 2.45) is 5.92 Å². The molecule has 3 aliphatic rings. The zero-order valence-electron chi connectivity index (χ0n) is 20.2. The molecule has 2 aromatic carbocycles. The number of fused-ring (bicyclic) bond motifs is 2. The van der Waals surface area contributed by atoms with Crippen LogP contribution >= 0.6 is 0 Å². The minimum Gasteiger partial charge on any atom is -0.356 e. The van der Waals surface area contributed by atoms with E-state index in [-0.39, 0.29) is 30.0 Å². The standard InChI is InChI=1S/C29H25FN4O3/c30-21-7-6-20-10-13-31-27(23(20)16-21)33-14-11-18(12-15-33)4-5-19-2-1-3-22-24(19)17-34(29(22)37)25-8-9-26(35)32-28(25)36/h1-3,6-7,10,13,16,18,25H,8-9,11-12,14-15,17H2,(H,32,35,36). The fourth-order valence-corrected chi connectivity index (χ4v) is 5.50. The number of halogens is 1. The number of piperidine rings is 2. The number of benzene rings is 2. The van der Waals surface area contributed by atoms with Gasteiger partial charge in [0.05, 0.1) is 0 Å². The Labute approximate surface area is 213 Å². The monoisotopic (exact) mass is 496 g/mol. The number of amides is 3. The van der Waals surface area contributed by atoms with E-state index in [9.17, 15) is 18.8 Å². The van der Waals surface area contributed by atoms with E-state index in [2.05, 4.69) is 27.0 Å². The molecule has 3 amide bonds. The lowest BCUT2D eigenvalue weighted by atomic mass is 9.95. The van der Waals surface area contributed by atoms with E-state index in [1.54, 1.807) is 29.3 Å². The molecule has 6 rings (SSSR count). The van der Waals surface area contributed by atoms with Crippen molar-refractivity contribution in [2.45, 2.75) is 38.3 Å². The number of carbonyl (C=O) groups excluding carboxylic acids is 3. The van der Waals surface area contributed by atoms with Gasteiger partial charge in [0, 0.05) is 54.7 Å². The number of anilines is 1. The van der Waals surface area contributed by atoms with Gasteiger partial charge in [-0.05, 0) is 60.5 Å². The maximum Gasteiger partial charge on any atom is 0.255 e. The number of hydrogen-bond acceptors (Lipinski definition) is 5. The molecule has 2 fully saturated rings. The van der Waals surface area contributed by atoms with Crippen LogP contribution in [0.2, 0.25) is 0 Å². The van der Waals surface area contributed by atoms with Crippen molar-refractivity contribution >= 4 is 34.3 Å². The van der Waals surface area contributed by atoms with E-state index < -0.39 is 11.9 Å². The first-order valence-corrected chi connectivity index (χ1v) is 12.6. The lowest BCUT2D eigenvalue weighted by Crippen LogP contribution is -2.52. The van der Waals surface area contributed by atoms with Crippen LogP contribution in [0, 0.1) is 23.6 Å². The van der Waals surface area contributed by atoms with Crippen molar-refractivity contribution in [2.75, 3.05) is 18.0 Å². The summed E-state index contributed by atoms with van der Waals surface area (Å²) in [5, 5.41) is 4.12. The zero-order chi connectivity index (χ0) is 25.5. The molecule has 3 aromatic rings. The molecule has 0 saturated carbocycles. The predicted molar refractivity (Wildman–Crippen MR) is 136 cm³/mol. The number of nitrogens with one attached hydrogen (secondary N) is 1.